The first-order valence-corrected chi connectivity index (χ1v) is 9.42. The van der Waals surface area contributed by atoms with Crippen LogP contribution in [0.3, 0.4) is 0 Å². The molecule has 7 nitrogen and oxygen atoms in total. The Labute approximate surface area is 175 Å². The number of rotatable bonds is 6. The van der Waals surface area contributed by atoms with Gasteiger partial charge in [0, 0.05) is 32.2 Å². The lowest BCUT2D eigenvalue weighted by atomic mass is 10.1. The molecule has 0 spiro atoms. The molecule has 0 radical (unpaired) electrons. The smallest absolute Gasteiger partial charge is 0.416 e. The Bertz CT molecular complexity index is 960. The number of piperazine rings is 1. The Kier molecular flexibility index (Phi) is 6.62. The van der Waals surface area contributed by atoms with Gasteiger partial charge < -0.3 is 14.5 Å². The van der Waals surface area contributed by atoms with Crippen LogP contribution in [0.15, 0.2) is 42.5 Å². The van der Waals surface area contributed by atoms with Gasteiger partial charge in [-0.3, -0.25) is 14.9 Å². The molecule has 1 heterocycles. The van der Waals surface area contributed by atoms with E-state index in [4.69, 9.17) is 4.74 Å². The second-order valence-corrected chi connectivity index (χ2v) is 6.86. The van der Waals surface area contributed by atoms with E-state index in [1.807, 2.05) is 0 Å². The quantitative estimate of drug-likeness (QED) is 0.387. The fraction of sp³-hybridized carbons (Fsp3) is 0.350. The second-order valence-electron chi connectivity index (χ2n) is 6.86. The molecule has 11 heteroatoms. The van der Waals surface area contributed by atoms with Crippen molar-refractivity contribution in [2.75, 3.05) is 37.7 Å². The maximum Gasteiger partial charge on any atom is 0.416 e. The molecule has 166 valence electrons. The van der Waals surface area contributed by atoms with Crippen LogP contribution in [0, 0.1) is 15.9 Å². The van der Waals surface area contributed by atoms with Crippen LogP contribution in [-0.4, -0.2) is 48.5 Å². The van der Waals surface area contributed by atoms with Crippen molar-refractivity contribution in [3.63, 3.8) is 0 Å². The highest BCUT2D eigenvalue weighted by Gasteiger charge is 2.34. The lowest BCUT2D eigenvalue weighted by Crippen LogP contribution is -2.49. The third-order valence-electron chi connectivity index (χ3n) is 4.88. The van der Waals surface area contributed by atoms with Crippen molar-refractivity contribution in [2.24, 2.45) is 0 Å². The molecule has 1 saturated heterocycles. The molecule has 0 atom stereocenters. The topological polar surface area (TPSA) is 75.9 Å². The molecule has 1 aliphatic rings. The summed E-state index contributed by atoms with van der Waals surface area (Å²) < 4.78 is 57.4. The van der Waals surface area contributed by atoms with Gasteiger partial charge >= 0.3 is 6.18 Å². The maximum absolute atomic E-state index is 13.5. The lowest BCUT2D eigenvalue weighted by Gasteiger charge is -2.36. The van der Waals surface area contributed by atoms with Gasteiger partial charge in [0.25, 0.3) is 5.69 Å². The number of para-hydroxylation sites is 1. The maximum atomic E-state index is 13.5. The van der Waals surface area contributed by atoms with Crippen LogP contribution in [0.4, 0.5) is 28.9 Å². The van der Waals surface area contributed by atoms with Crippen LogP contribution >= 0.6 is 0 Å². The predicted octanol–water partition coefficient (Wildman–Crippen LogP) is 3.87. The molecule has 0 saturated carbocycles. The number of carbonyl (C=O) groups excluding carboxylic acids is 1. The number of hydrogen-bond donors (Lipinski definition) is 0. The average molecular weight is 441 g/mol. The zero-order valence-electron chi connectivity index (χ0n) is 16.3. The molecular weight excluding hydrogens is 422 g/mol. The third kappa shape index (κ3) is 5.41. The first-order valence-electron chi connectivity index (χ1n) is 9.42. The summed E-state index contributed by atoms with van der Waals surface area (Å²) in [7, 11) is 0. The van der Waals surface area contributed by atoms with Gasteiger partial charge in [0.05, 0.1) is 23.5 Å². The molecule has 2 aromatic rings. The Morgan fingerprint density at radius 3 is 2.39 bits per heavy atom. The van der Waals surface area contributed by atoms with Crippen molar-refractivity contribution >= 4 is 17.3 Å². The highest BCUT2D eigenvalue weighted by molar-refractivity contribution is 5.77. The summed E-state index contributed by atoms with van der Waals surface area (Å²) in [6, 6.07) is 8.24. The van der Waals surface area contributed by atoms with Gasteiger partial charge in [-0.05, 0) is 24.3 Å². The van der Waals surface area contributed by atoms with Crippen LogP contribution < -0.4 is 9.64 Å². The Balaban J connectivity index is 1.57. The summed E-state index contributed by atoms with van der Waals surface area (Å²) in [5.74, 6) is -0.700. The van der Waals surface area contributed by atoms with E-state index in [1.54, 1.807) is 11.0 Å². The van der Waals surface area contributed by atoms with Gasteiger partial charge in [0.1, 0.15) is 5.69 Å². The number of benzene rings is 2. The van der Waals surface area contributed by atoms with Gasteiger partial charge in [-0.25, -0.2) is 4.39 Å². The molecule has 0 aliphatic carbocycles. The van der Waals surface area contributed by atoms with E-state index in [0.717, 1.165) is 12.1 Å². The number of carbonyl (C=O) groups is 1. The van der Waals surface area contributed by atoms with Gasteiger partial charge in [0.2, 0.25) is 5.91 Å². The number of alkyl halides is 3. The van der Waals surface area contributed by atoms with Crippen LogP contribution in [-0.2, 0) is 11.0 Å². The first-order chi connectivity index (χ1) is 14.7. The van der Waals surface area contributed by atoms with Crippen LogP contribution in [0.1, 0.15) is 12.0 Å². The molecule has 1 fully saturated rings. The standard InChI is InChI=1S/C20H19F4N3O4/c21-15-3-1-2-4-18(15)31-12-7-19(28)26-10-8-25(9-11-26)16-6-5-14(20(22,23)24)13-17(16)27(29)30/h1-6,13H,7-12H2. The van der Waals surface area contributed by atoms with Crippen molar-refractivity contribution in [2.45, 2.75) is 12.6 Å². The number of amides is 1. The molecule has 1 amide bonds. The molecule has 31 heavy (non-hydrogen) atoms. The average Bonchev–Trinajstić information content (AvgIpc) is 2.74. The summed E-state index contributed by atoms with van der Waals surface area (Å²) in [5.41, 5.74) is -1.65. The number of nitro groups is 1. The highest BCUT2D eigenvalue weighted by atomic mass is 19.4. The third-order valence-corrected chi connectivity index (χ3v) is 4.88. The van der Waals surface area contributed by atoms with E-state index in [0.29, 0.717) is 6.07 Å². The Hall–Kier alpha value is -3.37. The number of hydrogen-bond acceptors (Lipinski definition) is 5. The predicted molar refractivity (Wildman–Crippen MR) is 103 cm³/mol. The van der Waals surface area contributed by atoms with Crippen LogP contribution in [0.2, 0.25) is 0 Å². The zero-order chi connectivity index (χ0) is 22.6. The Morgan fingerprint density at radius 2 is 1.77 bits per heavy atom. The van der Waals surface area contributed by atoms with E-state index < -0.39 is 28.2 Å². The minimum atomic E-state index is -4.68. The van der Waals surface area contributed by atoms with E-state index >= 15 is 0 Å². The molecule has 0 N–H and O–H groups in total. The van der Waals surface area contributed by atoms with Crippen molar-refractivity contribution in [3.05, 3.63) is 64.0 Å². The van der Waals surface area contributed by atoms with Crippen molar-refractivity contribution in [1.82, 2.24) is 4.90 Å². The molecule has 0 unspecified atom stereocenters. The van der Waals surface area contributed by atoms with Crippen molar-refractivity contribution in [3.8, 4) is 5.75 Å². The molecule has 3 rings (SSSR count). The van der Waals surface area contributed by atoms with Gasteiger partial charge in [-0.1, -0.05) is 12.1 Å². The summed E-state index contributed by atoms with van der Waals surface area (Å²) >= 11 is 0. The van der Waals surface area contributed by atoms with Gasteiger partial charge in [-0.2, -0.15) is 13.2 Å². The summed E-state index contributed by atoms with van der Waals surface area (Å²) in [4.78, 5) is 25.9. The monoisotopic (exact) mass is 441 g/mol. The number of nitro benzene ring substituents is 1. The van der Waals surface area contributed by atoms with Crippen LogP contribution in [0.25, 0.3) is 0 Å². The minimum absolute atomic E-state index is 0.00957. The number of halogens is 4. The minimum Gasteiger partial charge on any atom is -0.490 e. The molecular formula is C20H19F4N3O4. The van der Waals surface area contributed by atoms with E-state index in [1.165, 1.54) is 23.1 Å². The number of nitrogens with zero attached hydrogens (tertiary/aromatic N) is 3. The molecule has 1 aliphatic heterocycles. The highest BCUT2D eigenvalue weighted by Crippen LogP contribution is 2.36. The Morgan fingerprint density at radius 1 is 1.10 bits per heavy atom. The number of anilines is 1. The van der Waals surface area contributed by atoms with E-state index in [2.05, 4.69) is 0 Å². The fourth-order valence-electron chi connectivity index (χ4n) is 3.28. The zero-order valence-corrected chi connectivity index (χ0v) is 16.3. The SMILES string of the molecule is O=C(CCOc1ccccc1F)N1CCN(c2ccc(C(F)(F)F)cc2[N+](=O)[O-])CC1. The summed E-state index contributed by atoms with van der Waals surface area (Å²) in [5, 5.41) is 11.3. The lowest BCUT2D eigenvalue weighted by molar-refractivity contribution is -0.384. The molecule has 0 aromatic heterocycles. The second kappa shape index (κ2) is 9.19. The van der Waals surface area contributed by atoms with Gasteiger partial charge in [0.15, 0.2) is 11.6 Å². The normalized spacial score (nSPS) is 14.5. The van der Waals surface area contributed by atoms with Crippen molar-refractivity contribution in [1.29, 1.82) is 0 Å². The summed E-state index contributed by atoms with van der Waals surface area (Å²) in [6.45, 7) is 0.940. The van der Waals surface area contributed by atoms with Gasteiger partial charge in [-0.15, -0.1) is 0 Å². The van der Waals surface area contributed by atoms with Crippen molar-refractivity contribution < 1.29 is 32.0 Å². The summed E-state index contributed by atoms with van der Waals surface area (Å²) in [6.07, 6.45) is -4.66. The first kappa shape index (κ1) is 22.3. The fourth-order valence-corrected chi connectivity index (χ4v) is 3.28. The van der Waals surface area contributed by atoms with E-state index in [-0.39, 0.29) is 56.6 Å². The molecule has 2 aromatic carbocycles. The largest absolute Gasteiger partial charge is 0.490 e. The molecule has 0 bridgehead atoms. The van der Waals surface area contributed by atoms with E-state index in [9.17, 15) is 32.5 Å². The van der Waals surface area contributed by atoms with Crippen LogP contribution in [0.5, 0.6) is 5.75 Å². The number of ether oxygens (including phenoxy) is 1.